The third kappa shape index (κ3) is 5.18. The molecule has 142 valence electrons. The Kier molecular flexibility index (Phi) is 6.40. The van der Waals surface area contributed by atoms with Crippen LogP contribution in [0.1, 0.15) is 37.5 Å². The molecular weight excluding hydrogens is 374 g/mol. The second-order valence-corrected chi connectivity index (χ2v) is 6.78. The molecule has 3 rings (SSSR count). The third-order valence-corrected chi connectivity index (χ3v) is 4.57. The monoisotopic (exact) mass is 393 g/mol. The van der Waals surface area contributed by atoms with Crippen LogP contribution in [0, 0.1) is 6.92 Å². The first-order valence-electron chi connectivity index (χ1n) is 8.84. The fourth-order valence-electron chi connectivity index (χ4n) is 2.66. The van der Waals surface area contributed by atoms with Crippen LogP contribution in [0.4, 0.5) is 0 Å². The molecule has 6 heteroatoms. The number of halogens is 1. The van der Waals surface area contributed by atoms with Gasteiger partial charge in [0.2, 0.25) is 0 Å². The van der Waals surface area contributed by atoms with Crippen molar-refractivity contribution in [3.8, 4) is 0 Å². The van der Waals surface area contributed by atoms with Crippen LogP contribution in [-0.2, 0) is 13.1 Å². The van der Waals surface area contributed by atoms with Crippen molar-refractivity contribution in [2.24, 2.45) is 0 Å². The van der Waals surface area contributed by atoms with Crippen molar-refractivity contribution < 1.29 is 9.59 Å². The van der Waals surface area contributed by atoms with Gasteiger partial charge in [0.25, 0.3) is 11.8 Å². The number of rotatable bonds is 6. The predicted octanol–water partition coefficient (Wildman–Crippen LogP) is 3.90. The molecule has 0 unspecified atom stereocenters. The fraction of sp³-hybridized carbons (Fsp3) is 0.136. The molecule has 2 amide bonds. The van der Waals surface area contributed by atoms with Crippen molar-refractivity contribution >= 4 is 23.4 Å². The third-order valence-electron chi connectivity index (χ3n) is 4.32. The summed E-state index contributed by atoms with van der Waals surface area (Å²) < 4.78 is 0. The molecule has 0 radical (unpaired) electrons. The van der Waals surface area contributed by atoms with E-state index >= 15 is 0 Å². The van der Waals surface area contributed by atoms with Gasteiger partial charge in [0, 0.05) is 29.9 Å². The molecule has 1 aromatic heterocycles. The number of pyridine rings is 1. The molecular formula is C22H20ClN3O2. The maximum atomic E-state index is 12.4. The van der Waals surface area contributed by atoms with Crippen LogP contribution >= 0.6 is 11.6 Å². The summed E-state index contributed by atoms with van der Waals surface area (Å²) in [4.78, 5) is 28.9. The van der Waals surface area contributed by atoms with E-state index in [1.54, 1.807) is 18.2 Å². The Bertz CT molecular complexity index is 987. The Labute approximate surface area is 168 Å². The maximum absolute atomic E-state index is 12.4. The van der Waals surface area contributed by atoms with Gasteiger partial charge in [-0.15, -0.1) is 0 Å². The van der Waals surface area contributed by atoms with E-state index < -0.39 is 0 Å². The van der Waals surface area contributed by atoms with Crippen molar-refractivity contribution in [1.29, 1.82) is 0 Å². The molecule has 5 nitrogen and oxygen atoms in total. The molecule has 0 saturated carbocycles. The van der Waals surface area contributed by atoms with Crippen LogP contribution in [0.5, 0.6) is 0 Å². The van der Waals surface area contributed by atoms with Crippen LogP contribution in [0.15, 0.2) is 66.9 Å². The Balaban J connectivity index is 1.60. The highest BCUT2D eigenvalue weighted by Gasteiger charge is 2.12. The molecule has 0 atom stereocenters. The first kappa shape index (κ1) is 19.6. The average molecular weight is 394 g/mol. The first-order valence-corrected chi connectivity index (χ1v) is 9.22. The van der Waals surface area contributed by atoms with Gasteiger partial charge >= 0.3 is 0 Å². The Morgan fingerprint density at radius 3 is 2.39 bits per heavy atom. The van der Waals surface area contributed by atoms with Crippen molar-refractivity contribution in [2.45, 2.75) is 20.0 Å². The van der Waals surface area contributed by atoms with E-state index in [-0.39, 0.29) is 17.5 Å². The molecule has 2 aromatic carbocycles. The maximum Gasteiger partial charge on any atom is 0.270 e. The molecule has 0 bridgehead atoms. The van der Waals surface area contributed by atoms with Gasteiger partial charge in [-0.3, -0.25) is 14.6 Å². The van der Waals surface area contributed by atoms with Gasteiger partial charge in [-0.25, -0.2) is 0 Å². The SMILES string of the molecule is Cc1ccccc1CNC(=O)c1cc(C(=O)NCc2ccc(Cl)cc2)ccn1. The second kappa shape index (κ2) is 9.15. The Morgan fingerprint density at radius 2 is 1.64 bits per heavy atom. The highest BCUT2D eigenvalue weighted by atomic mass is 35.5. The summed E-state index contributed by atoms with van der Waals surface area (Å²) in [6.45, 7) is 2.76. The Morgan fingerprint density at radius 1 is 0.929 bits per heavy atom. The number of aromatic nitrogens is 1. The molecule has 28 heavy (non-hydrogen) atoms. The van der Waals surface area contributed by atoms with Crippen LogP contribution in [-0.4, -0.2) is 16.8 Å². The quantitative estimate of drug-likeness (QED) is 0.667. The summed E-state index contributed by atoms with van der Waals surface area (Å²) in [6, 6.07) is 18.1. The van der Waals surface area contributed by atoms with Crippen LogP contribution in [0.2, 0.25) is 5.02 Å². The molecule has 1 heterocycles. The summed E-state index contributed by atoms with van der Waals surface area (Å²) in [5.74, 6) is -0.596. The van der Waals surface area contributed by atoms with Crippen LogP contribution in [0.25, 0.3) is 0 Å². The zero-order valence-corrected chi connectivity index (χ0v) is 16.2. The summed E-state index contributed by atoms with van der Waals surface area (Å²) in [7, 11) is 0. The lowest BCUT2D eigenvalue weighted by atomic mass is 10.1. The molecule has 0 aliphatic carbocycles. The average Bonchev–Trinajstić information content (AvgIpc) is 2.72. The van der Waals surface area contributed by atoms with E-state index in [1.165, 1.54) is 12.3 Å². The normalized spacial score (nSPS) is 10.4. The van der Waals surface area contributed by atoms with Gasteiger partial charge in [-0.1, -0.05) is 48.0 Å². The summed E-state index contributed by atoms with van der Waals surface area (Å²) in [6.07, 6.45) is 1.46. The van der Waals surface area contributed by atoms with E-state index in [2.05, 4.69) is 15.6 Å². The number of carbonyl (C=O) groups is 2. The number of aryl methyl sites for hydroxylation is 1. The number of hydrogen-bond donors (Lipinski definition) is 2. The van der Waals surface area contributed by atoms with Crippen molar-refractivity contribution in [3.05, 3.63) is 99.8 Å². The summed E-state index contributed by atoms with van der Waals surface area (Å²) in [5, 5.41) is 6.31. The predicted molar refractivity (Wildman–Crippen MR) is 109 cm³/mol. The minimum absolute atomic E-state index is 0.202. The molecule has 0 fully saturated rings. The minimum atomic E-state index is -0.324. The molecule has 0 saturated heterocycles. The van der Waals surface area contributed by atoms with Crippen LogP contribution < -0.4 is 10.6 Å². The first-order chi connectivity index (χ1) is 13.5. The number of hydrogen-bond acceptors (Lipinski definition) is 3. The lowest BCUT2D eigenvalue weighted by Crippen LogP contribution is -2.26. The van der Waals surface area contributed by atoms with Gasteiger partial charge in [-0.2, -0.15) is 0 Å². The number of nitrogens with zero attached hydrogens (tertiary/aromatic N) is 1. The highest BCUT2D eigenvalue weighted by Crippen LogP contribution is 2.10. The zero-order valence-electron chi connectivity index (χ0n) is 15.4. The summed E-state index contributed by atoms with van der Waals surface area (Å²) in [5.41, 5.74) is 3.65. The fourth-order valence-corrected chi connectivity index (χ4v) is 2.78. The number of nitrogens with one attached hydrogen (secondary N) is 2. The van der Waals surface area contributed by atoms with E-state index in [0.717, 1.165) is 16.7 Å². The van der Waals surface area contributed by atoms with Gasteiger partial charge < -0.3 is 10.6 Å². The molecule has 2 N–H and O–H groups in total. The zero-order chi connectivity index (χ0) is 19.9. The molecule has 0 spiro atoms. The smallest absolute Gasteiger partial charge is 0.270 e. The standard InChI is InChI=1S/C22H20ClN3O2/c1-15-4-2-3-5-18(15)14-26-22(28)20-12-17(10-11-24-20)21(27)25-13-16-6-8-19(23)9-7-16/h2-12H,13-14H2,1H3,(H,25,27)(H,26,28). The number of carbonyl (C=O) groups excluding carboxylic acids is 2. The van der Waals surface area contributed by atoms with Crippen molar-refractivity contribution in [3.63, 3.8) is 0 Å². The highest BCUT2D eigenvalue weighted by molar-refractivity contribution is 6.30. The van der Waals surface area contributed by atoms with Crippen molar-refractivity contribution in [1.82, 2.24) is 15.6 Å². The minimum Gasteiger partial charge on any atom is -0.348 e. The van der Waals surface area contributed by atoms with E-state index in [0.29, 0.717) is 23.7 Å². The molecule has 0 aliphatic heterocycles. The topological polar surface area (TPSA) is 71.1 Å². The number of benzene rings is 2. The van der Waals surface area contributed by atoms with Gasteiger partial charge in [0.1, 0.15) is 5.69 Å². The number of amides is 2. The lowest BCUT2D eigenvalue weighted by molar-refractivity contribution is 0.0946. The van der Waals surface area contributed by atoms with E-state index in [9.17, 15) is 9.59 Å². The summed E-state index contributed by atoms with van der Waals surface area (Å²) >= 11 is 5.86. The van der Waals surface area contributed by atoms with Gasteiger partial charge in [0.05, 0.1) is 0 Å². The van der Waals surface area contributed by atoms with Gasteiger partial charge in [-0.05, 0) is 47.9 Å². The van der Waals surface area contributed by atoms with E-state index in [1.807, 2.05) is 43.3 Å². The molecule has 3 aromatic rings. The second-order valence-electron chi connectivity index (χ2n) is 6.35. The van der Waals surface area contributed by atoms with Crippen LogP contribution in [0.3, 0.4) is 0 Å². The van der Waals surface area contributed by atoms with Gasteiger partial charge in [0.15, 0.2) is 0 Å². The Hall–Kier alpha value is -3.18. The molecule has 0 aliphatic rings. The lowest BCUT2D eigenvalue weighted by Gasteiger charge is -2.09. The largest absolute Gasteiger partial charge is 0.348 e. The van der Waals surface area contributed by atoms with Crippen molar-refractivity contribution in [2.75, 3.05) is 0 Å². The van der Waals surface area contributed by atoms with E-state index in [4.69, 9.17) is 11.6 Å².